The first-order valence-electron chi connectivity index (χ1n) is 8.51. The second-order valence-electron chi connectivity index (χ2n) is 5.99. The first kappa shape index (κ1) is 17.6. The molecule has 25 heavy (non-hydrogen) atoms. The number of nitriles is 1. The molecule has 0 spiro atoms. The standard InChI is InChI=1S/C20H21ClN2O2/c21-18-8-4-7-17-19(9-12-25-20(17)18)23-14-15-5-3-6-16(13-15)24-11-2-1-10-22/h3-8,13,19,23H,1-2,9,11-12,14H2. The van der Waals surface area contributed by atoms with Gasteiger partial charge in [-0.1, -0.05) is 35.9 Å². The number of nitrogens with zero attached hydrogens (tertiary/aromatic N) is 1. The van der Waals surface area contributed by atoms with E-state index in [0.29, 0.717) is 24.7 Å². The van der Waals surface area contributed by atoms with Gasteiger partial charge >= 0.3 is 0 Å². The van der Waals surface area contributed by atoms with Crippen LogP contribution in [0.5, 0.6) is 11.5 Å². The van der Waals surface area contributed by atoms with Gasteiger partial charge in [0.2, 0.25) is 0 Å². The molecule has 130 valence electrons. The van der Waals surface area contributed by atoms with Gasteiger partial charge in [-0.05, 0) is 30.2 Å². The summed E-state index contributed by atoms with van der Waals surface area (Å²) in [6, 6.07) is 16.3. The fourth-order valence-electron chi connectivity index (χ4n) is 2.93. The van der Waals surface area contributed by atoms with Gasteiger partial charge in [-0.15, -0.1) is 0 Å². The molecule has 0 aromatic heterocycles. The molecule has 1 aliphatic rings. The molecule has 0 bridgehead atoms. The second-order valence-corrected chi connectivity index (χ2v) is 6.39. The highest BCUT2D eigenvalue weighted by Gasteiger charge is 2.22. The summed E-state index contributed by atoms with van der Waals surface area (Å²) < 4.78 is 11.4. The van der Waals surface area contributed by atoms with Gasteiger partial charge in [0.1, 0.15) is 11.5 Å². The minimum Gasteiger partial charge on any atom is -0.494 e. The molecule has 3 rings (SSSR count). The summed E-state index contributed by atoms with van der Waals surface area (Å²) in [6.45, 7) is 1.97. The van der Waals surface area contributed by atoms with Crippen LogP contribution in [0.3, 0.4) is 0 Å². The van der Waals surface area contributed by atoms with Crippen molar-refractivity contribution in [2.75, 3.05) is 13.2 Å². The Kier molecular flexibility index (Phi) is 6.16. The number of benzene rings is 2. The molecule has 1 unspecified atom stereocenters. The molecule has 1 atom stereocenters. The lowest BCUT2D eigenvalue weighted by Gasteiger charge is -2.27. The van der Waals surface area contributed by atoms with E-state index in [1.54, 1.807) is 0 Å². The third-order valence-electron chi connectivity index (χ3n) is 4.18. The van der Waals surface area contributed by atoms with Crippen LogP contribution in [0, 0.1) is 11.3 Å². The maximum Gasteiger partial charge on any atom is 0.142 e. The smallest absolute Gasteiger partial charge is 0.142 e. The predicted molar refractivity (Wildman–Crippen MR) is 97.9 cm³/mol. The van der Waals surface area contributed by atoms with Crippen LogP contribution >= 0.6 is 11.6 Å². The molecule has 5 heteroatoms. The summed E-state index contributed by atoms with van der Waals surface area (Å²) in [4.78, 5) is 0. The highest BCUT2D eigenvalue weighted by atomic mass is 35.5. The van der Waals surface area contributed by atoms with Crippen LogP contribution < -0.4 is 14.8 Å². The normalized spacial score (nSPS) is 15.8. The van der Waals surface area contributed by atoms with Crippen molar-refractivity contribution in [2.24, 2.45) is 0 Å². The first-order valence-corrected chi connectivity index (χ1v) is 8.89. The highest BCUT2D eigenvalue weighted by molar-refractivity contribution is 6.32. The molecule has 0 radical (unpaired) electrons. The van der Waals surface area contributed by atoms with Gasteiger partial charge in [0.25, 0.3) is 0 Å². The van der Waals surface area contributed by atoms with Gasteiger partial charge in [-0.2, -0.15) is 5.26 Å². The van der Waals surface area contributed by atoms with Crippen LogP contribution in [0.25, 0.3) is 0 Å². The van der Waals surface area contributed by atoms with E-state index in [-0.39, 0.29) is 6.04 Å². The highest BCUT2D eigenvalue weighted by Crippen LogP contribution is 2.37. The summed E-state index contributed by atoms with van der Waals surface area (Å²) in [5.74, 6) is 1.63. The van der Waals surface area contributed by atoms with Gasteiger partial charge in [0.05, 0.1) is 24.3 Å². The number of hydrogen-bond donors (Lipinski definition) is 1. The molecule has 2 aromatic rings. The van der Waals surface area contributed by atoms with Crippen LogP contribution in [-0.4, -0.2) is 13.2 Å². The van der Waals surface area contributed by atoms with Gasteiger partial charge in [-0.25, -0.2) is 0 Å². The SMILES string of the molecule is N#CCCCOc1cccc(CNC2CCOc3c(Cl)cccc32)c1. The van der Waals surface area contributed by atoms with Crippen molar-refractivity contribution in [1.82, 2.24) is 5.32 Å². The lowest BCUT2D eigenvalue weighted by Crippen LogP contribution is -2.26. The molecular weight excluding hydrogens is 336 g/mol. The van der Waals surface area contributed by atoms with Gasteiger partial charge in [-0.3, -0.25) is 0 Å². The molecule has 0 amide bonds. The van der Waals surface area contributed by atoms with Crippen molar-refractivity contribution in [3.8, 4) is 17.6 Å². The molecule has 1 heterocycles. The number of halogens is 1. The van der Waals surface area contributed by atoms with E-state index in [9.17, 15) is 0 Å². The van der Waals surface area contributed by atoms with Crippen LogP contribution in [-0.2, 0) is 6.54 Å². The Balaban J connectivity index is 1.60. The van der Waals surface area contributed by atoms with Crippen LogP contribution in [0.15, 0.2) is 42.5 Å². The van der Waals surface area contributed by atoms with E-state index < -0.39 is 0 Å². The Bertz CT molecular complexity index is 758. The minimum atomic E-state index is 0.225. The molecule has 2 aromatic carbocycles. The minimum absolute atomic E-state index is 0.225. The predicted octanol–water partition coefficient (Wildman–Crippen LogP) is 4.64. The first-order chi connectivity index (χ1) is 12.3. The number of fused-ring (bicyclic) bond motifs is 1. The Morgan fingerprint density at radius 2 is 2.16 bits per heavy atom. The van der Waals surface area contributed by atoms with E-state index in [0.717, 1.165) is 42.0 Å². The average molecular weight is 357 g/mol. The monoisotopic (exact) mass is 356 g/mol. The molecule has 0 saturated heterocycles. The summed E-state index contributed by atoms with van der Waals surface area (Å²) >= 11 is 6.23. The third kappa shape index (κ3) is 4.66. The number of unbranched alkanes of at least 4 members (excludes halogenated alkanes) is 1. The maximum absolute atomic E-state index is 8.56. The lowest BCUT2D eigenvalue weighted by molar-refractivity contribution is 0.252. The third-order valence-corrected chi connectivity index (χ3v) is 4.48. The topological polar surface area (TPSA) is 54.3 Å². The molecule has 1 aliphatic heterocycles. The Hall–Kier alpha value is -2.22. The molecule has 0 saturated carbocycles. The van der Waals surface area contributed by atoms with Crippen molar-refractivity contribution in [1.29, 1.82) is 5.26 Å². The lowest BCUT2D eigenvalue weighted by atomic mass is 10.00. The van der Waals surface area contributed by atoms with E-state index in [4.69, 9.17) is 26.3 Å². The van der Waals surface area contributed by atoms with Crippen LogP contribution in [0.4, 0.5) is 0 Å². The largest absolute Gasteiger partial charge is 0.494 e. The van der Waals surface area contributed by atoms with Gasteiger partial charge in [0, 0.05) is 31.0 Å². The van der Waals surface area contributed by atoms with E-state index >= 15 is 0 Å². The zero-order chi connectivity index (χ0) is 17.5. The molecule has 0 aliphatic carbocycles. The molecule has 1 N–H and O–H groups in total. The fourth-order valence-corrected chi connectivity index (χ4v) is 3.16. The number of nitrogens with one attached hydrogen (secondary N) is 1. The van der Waals surface area contributed by atoms with Gasteiger partial charge in [0.15, 0.2) is 0 Å². The van der Waals surface area contributed by atoms with E-state index in [1.165, 1.54) is 0 Å². The van der Waals surface area contributed by atoms with Crippen LogP contribution in [0.2, 0.25) is 5.02 Å². The van der Waals surface area contributed by atoms with Crippen molar-refractivity contribution in [3.05, 3.63) is 58.6 Å². The fraction of sp³-hybridized carbons (Fsp3) is 0.350. The Morgan fingerprint density at radius 1 is 1.28 bits per heavy atom. The summed E-state index contributed by atoms with van der Waals surface area (Å²) in [7, 11) is 0. The Morgan fingerprint density at radius 3 is 3.04 bits per heavy atom. The zero-order valence-electron chi connectivity index (χ0n) is 14.0. The number of rotatable bonds is 7. The molecular formula is C20H21ClN2O2. The summed E-state index contributed by atoms with van der Waals surface area (Å²) in [5.41, 5.74) is 2.27. The maximum atomic E-state index is 8.56. The molecule has 0 fully saturated rings. The van der Waals surface area contributed by atoms with Crippen molar-refractivity contribution < 1.29 is 9.47 Å². The number of ether oxygens (including phenoxy) is 2. The van der Waals surface area contributed by atoms with Crippen molar-refractivity contribution in [2.45, 2.75) is 31.8 Å². The van der Waals surface area contributed by atoms with Crippen molar-refractivity contribution >= 4 is 11.6 Å². The quantitative estimate of drug-likeness (QED) is 0.734. The number of para-hydroxylation sites is 1. The van der Waals surface area contributed by atoms with Crippen molar-refractivity contribution in [3.63, 3.8) is 0 Å². The van der Waals surface area contributed by atoms with Gasteiger partial charge < -0.3 is 14.8 Å². The molecule has 4 nitrogen and oxygen atoms in total. The Labute approximate surface area is 153 Å². The summed E-state index contributed by atoms with van der Waals surface area (Å²) in [6.07, 6.45) is 2.18. The number of hydrogen-bond acceptors (Lipinski definition) is 4. The van der Waals surface area contributed by atoms with E-state index in [1.807, 2.05) is 30.3 Å². The van der Waals surface area contributed by atoms with Crippen LogP contribution in [0.1, 0.15) is 36.4 Å². The average Bonchev–Trinajstić information content (AvgIpc) is 2.64. The summed E-state index contributed by atoms with van der Waals surface area (Å²) in [5, 5.41) is 12.8. The second kappa shape index (κ2) is 8.75. The van der Waals surface area contributed by atoms with E-state index in [2.05, 4.69) is 23.5 Å². The zero-order valence-corrected chi connectivity index (χ0v) is 14.8.